The summed E-state index contributed by atoms with van der Waals surface area (Å²) in [7, 11) is 1.87. The maximum Gasteiger partial charge on any atom is 0.224 e. The van der Waals surface area contributed by atoms with E-state index in [-0.39, 0.29) is 36.6 Å². The first-order chi connectivity index (χ1) is 11.0. The molecule has 0 aromatic carbocycles. The van der Waals surface area contributed by atoms with Gasteiger partial charge in [0.25, 0.3) is 0 Å². The smallest absolute Gasteiger partial charge is 0.224 e. The van der Waals surface area contributed by atoms with Crippen LogP contribution in [0.5, 0.6) is 0 Å². The summed E-state index contributed by atoms with van der Waals surface area (Å²) >= 11 is 0. The van der Waals surface area contributed by atoms with Crippen LogP contribution in [0.3, 0.4) is 0 Å². The van der Waals surface area contributed by atoms with Gasteiger partial charge in [-0.2, -0.15) is 0 Å². The monoisotopic (exact) mass is 394 g/mol. The SMILES string of the molecule is CNCC(C)C(=O)NCC1CCN(Cc2nc(C)c(C)o2)CC1.Cl.Cl. The van der Waals surface area contributed by atoms with Crippen molar-refractivity contribution in [1.29, 1.82) is 0 Å². The summed E-state index contributed by atoms with van der Waals surface area (Å²) in [4.78, 5) is 18.8. The molecule has 1 unspecified atom stereocenters. The molecule has 1 aliphatic heterocycles. The van der Waals surface area contributed by atoms with Gasteiger partial charge in [-0.25, -0.2) is 4.98 Å². The fourth-order valence-corrected chi connectivity index (χ4v) is 2.96. The fraction of sp³-hybridized carbons (Fsp3) is 0.765. The molecule has 2 heterocycles. The van der Waals surface area contributed by atoms with E-state index in [9.17, 15) is 4.79 Å². The number of hydrogen-bond acceptors (Lipinski definition) is 5. The number of halogens is 2. The molecule has 0 bridgehead atoms. The third-order valence-electron chi connectivity index (χ3n) is 4.66. The van der Waals surface area contributed by atoms with Crippen molar-refractivity contribution in [1.82, 2.24) is 20.5 Å². The van der Waals surface area contributed by atoms with Gasteiger partial charge in [-0.15, -0.1) is 24.8 Å². The van der Waals surface area contributed by atoms with Gasteiger partial charge in [0.1, 0.15) is 5.76 Å². The molecule has 1 saturated heterocycles. The second kappa shape index (κ2) is 11.7. The van der Waals surface area contributed by atoms with Crippen LogP contribution in [0, 0.1) is 25.7 Å². The van der Waals surface area contributed by atoms with Crippen molar-refractivity contribution >= 4 is 30.7 Å². The summed E-state index contributed by atoms with van der Waals surface area (Å²) in [5.41, 5.74) is 0.980. The van der Waals surface area contributed by atoms with Gasteiger partial charge in [-0.05, 0) is 52.7 Å². The van der Waals surface area contributed by atoms with Crippen molar-refractivity contribution in [2.24, 2.45) is 11.8 Å². The molecular formula is C17H32Cl2N4O2. The number of nitrogens with zero attached hydrogens (tertiary/aromatic N) is 2. The Hall–Kier alpha value is -0.820. The molecule has 8 heteroatoms. The third kappa shape index (κ3) is 7.52. The van der Waals surface area contributed by atoms with Crippen LogP contribution < -0.4 is 10.6 Å². The number of rotatable bonds is 7. The lowest BCUT2D eigenvalue weighted by Gasteiger charge is -2.31. The van der Waals surface area contributed by atoms with E-state index in [1.165, 1.54) is 0 Å². The largest absolute Gasteiger partial charge is 0.444 e. The Morgan fingerprint density at radius 1 is 1.32 bits per heavy atom. The first-order valence-corrected chi connectivity index (χ1v) is 8.57. The topological polar surface area (TPSA) is 70.4 Å². The van der Waals surface area contributed by atoms with E-state index < -0.39 is 0 Å². The van der Waals surface area contributed by atoms with E-state index in [1.54, 1.807) is 0 Å². The van der Waals surface area contributed by atoms with Crippen LogP contribution in [-0.2, 0) is 11.3 Å². The van der Waals surface area contributed by atoms with Crippen molar-refractivity contribution in [2.75, 3.05) is 33.2 Å². The molecule has 6 nitrogen and oxygen atoms in total. The van der Waals surface area contributed by atoms with Gasteiger partial charge in [0.05, 0.1) is 12.2 Å². The Bertz CT molecular complexity index is 497. The average Bonchev–Trinajstić information content (AvgIpc) is 2.84. The lowest BCUT2D eigenvalue weighted by Crippen LogP contribution is -2.41. The number of piperidine rings is 1. The minimum absolute atomic E-state index is 0. The van der Waals surface area contributed by atoms with E-state index in [4.69, 9.17) is 4.42 Å². The van der Waals surface area contributed by atoms with Crippen LogP contribution >= 0.6 is 24.8 Å². The molecule has 1 amide bonds. The molecular weight excluding hydrogens is 363 g/mol. The number of carbonyl (C=O) groups is 1. The van der Waals surface area contributed by atoms with Gasteiger partial charge < -0.3 is 15.1 Å². The molecule has 146 valence electrons. The van der Waals surface area contributed by atoms with Crippen LogP contribution in [0.1, 0.15) is 37.1 Å². The van der Waals surface area contributed by atoms with Gasteiger partial charge in [-0.1, -0.05) is 6.92 Å². The maximum absolute atomic E-state index is 11.9. The van der Waals surface area contributed by atoms with Gasteiger partial charge in [0, 0.05) is 19.0 Å². The fourth-order valence-electron chi connectivity index (χ4n) is 2.96. The molecule has 1 aliphatic rings. The van der Waals surface area contributed by atoms with Crippen molar-refractivity contribution in [3.8, 4) is 0 Å². The zero-order valence-corrected chi connectivity index (χ0v) is 17.3. The number of nitrogens with one attached hydrogen (secondary N) is 2. The summed E-state index contributed by atoms with van der Waals surface area (Å²) in [6.07, 6.45) is 2.22. The highest BCUT2D eigenvalue weighted by molar-refractivity contribution is 5.85. The Balaban J connectivity index is 0.00000288. The molecule has 25 heavy (non-hydrogen) atoms. The third-order valence-corrected chi connectivity index (χ3v) is 4.66. The lowest BCUT2D eigenvalue weighted by molar-refractivity contribution is -0.124. The number of oxazole rings is 1. The summed E-state index contributed by atoms with van der Waals surface area (Å²) in [6, 6.07) is 0. The molecule has 0 spiro atoms. The maximum atomic E-state index is 11.9. The average molecular weight is 395 g/mol. The molecule has 2 N–H and O–H groups in total. The van der Waals surface area contributed by atoms with Gasteiger partial charge in [0.2, 0.25) is 11.8 Å². The van der Waals surface area contributed by atoms with E-state index >= 15 is 0 Å². The van der Waals surface area contributed by atoms with Crippen LogP contribution in [0.2, 0.25) is 0 Å². The quantitative estimate of drug-likeness (QED) is 0.742. The zero-order valence-electron chi connectivity index (χ0n) is 15.6. The summed E-state index contributed by atoms with van der Waals surface area (Å²) < 4.78 is 5.66. The molecule has 1 aromatic heterocycles. The van der Waals surface area contributed by atoms with Crippen LogP contribution in [0.25, 0.3) is 0 Å². The molecule has 1 aromatic rings. The van der Waals surface area contributed by atoms with Crippen LogP contribution in [0.15, 0.2) is 4.42 Å². The number of carbonyl (C=O) groups excluding carboxylic acids is 1. The highest BCUT2D eigenvalue weighted by Gasteiger charge is 2.22. The number of amides is 1. The first kappa shape index (κ1) is 24.2. The summed E-state index contributed by atoms with van der Waals surface area (Å²) in [6.45, 7) is 10.3. The highest BCUT2D eigenvalue weighted by atomic mass is 35.5. The molecule has 0 radical (unpaired) electrons. The number of hydrogen-bond donors (Lipinski definition) is 2. The predicted molar refractivity (Wildman–Crippen MR) is 105 cm³/mol. The Labute approximate surface area is 163 Å². The van der Waals surface area contributed by atoms with Gasteiger partial charge in [-0.3, -0.25) is 9.69 Å². The first-order valence-electron chi connectivity index (χ1n) is 8.57. The molecule has 0 aliphatic carbocycles. The Morgan fingerprint density at radius 3 is 2.48 bits per heavy atom. The Kier molecular flexibility index (Phi) is 11.3. The van der Waals surface area contributed by atoms with E-state index in [0.717, 1.165) is 62.9 Å². The molecule has 1 atom stereocenters. The molecule has 0 saturated carbocycles. The van der Waals surface area contributed by atoms with Crippen LogP contribution in [0.4, 0.5) is 0 Å². The van der Waals surface area contributed by atoms with Crippen molar-refractivity contribution in [2.45, 2.75) is 40.2 Å². The minimum Gasteiger partial charge on any atom is -0.444 e. The second-order valence-corrected chi connectivity index (χ2v) is 6.67. The van der Waals surface area contributed by atoms with Crippen molar-refractivity contribution < 1.29 is 9.21 Å². The second-order valence-electron chi connectivity index (χ2n) is 6.67. The standard InChI is InChI=1S/C17H30N4O2.2ClH/c1-12(9-18-4)17(22)19-10-15-5-7-21(8-6-15)11-16-20-13(2)14(3)23-16;;/h12,15,18H,5-11H2,1-4H3,(H,19,22);2*1H. The normalized spacial score (nSPS) is 16.6. The van der Waals surface area contributed by atoms with E-state index in [1.807, 2.05) is 27.8 Å². The van der Waals surface area contributed by atoms with Gasteiger partial charge >= 0.3 is 0 Å². The summed E-state index contributed by atoms with van der Waals surface area (Å²) in [5.74, 6) is 2.47. The van der Waals surface area contributed by atoms with E-state index in [2.05, 4.69) is 20.5 Å². The summed E-state index contributed by atoms with van der Waals surface area (Å²) in [5, 5.41) is 6.12. The van der Waals surface area contributed by atoms with Crippen molar-refractivity contribution in [3.05, 3.63) is 17.3 Å². The van der Waals surface area contributed by atoms with E-state index in [0.29, 0.717) is 5.92 Å². The number of likely N-dealkylation sites (tertiary alicyclic amines) is 1. The Morgan fingerprint density at radius 2 is 1.96 bits per heavy atom. The number of aryl methyl sites for hydroxylation is 2. The highest BCUT2D eigenvalue weighted by Crippen LogP contribution is 2.19. The molecule has 2 rings (SSSR count). The predicted octanol–water partition coefficient (Wildman–Crippen LogP) is 2.32. The zero-order chi connectivity index (χ0) is 16.8. The van der Waals surface area contributed by atoms with Crippen LogP contribution in [-0.4, -0.2) is 49.0 Å². The minimum atomic E-state index is 0. The number of aromatic nitrogens is 1. The van der Waals surface area contributed by atoms with Gasteiger partial charge in [0.15, 0.2) is 0 Å². The lowest BCUT2D eigenvalue weighted by atomic mass is 9.96. The van der Waals surface area contributed by atoms with Crippen molar-refractivity contribution in [3.63, 3.8) is 0 Å². The molecule has 1 fully saturated rings.